The molecule has 1 aromatic rings. The zero-order valence-electron chi connectivity index (χ0n) is 9.09. The van der Waals surface area contributed by atoms with Crippen LogP contribution in [0.5, 0.6) is 0 Å². The topological polar surface area (TPSA) is 38.3 Å². The Morgan fingerprint density at radius 1 is 1.62 bits per heavy atom. The third-order valence-electron chi connectivity index (χ3n) is 2.16. The first-order valence-corrected chi connectivity index (χ1v) is 5.59. The molecule has 3 nitrogen and oxygen atoms in total. The quantitative estimate of drug-likeness (QED) is 0.864. The van der Waals surface area contributed by atoms with Crippen molar-refractivity contribution in [3.63, 3.8) is 0 Å². The highest BCUT2D eigenvalue weighted by molar-refractivity contribution is 9.10. The van der Waals surface area contributed by atoms with Crippen molar-refractivity contribution in [2.45, 2.75) is 19.5 Å². The first-order chi connectivity index (χ1) is 7.54. The van der Waals surface area contributed by atoms with Gasteiger partial charge >= 0.3 is 5.97 Å². The van der Waals surface area contributed by atoms with Gasteiger partial charge in [0.05, 0.1) is 7.11 Å². The Labute approximate surface area is 102 Å². The number of carbonyl (C=O) groups is 1. The molecule has 0 aromatic heterocycles. The van der Waals surface area contributed by atoms with Crippen LogP contribution >= 0.6 is 15.9 Å². The van der Waals surface area contributed by atoms with Crippen molar-refractivity contribution >= 4 is 21.9 Å². The minimum Gasteiger partial charge on any atom is -0.468 e. The summed E-state index contributed by atoms with van der Waals surface area (Å²) >= 11 is 3.31. The minimum absolute atomic E-state index is 0.300. The van der Waals surface area contributed by atoms with Crippen LogP contribution in [0, 0.1) is 5.82 Å². The zero-order valence-corrected chi connectivity index (χ0v) is 10.7. The molecule has 1 N–H and O–H groups in total. The average Bonchev–Trinajstić information content (AvgIpc) is 2.28. The molecule has 16 heavy (non-hydrogen) atoms. The molecule has 0 aliphatic carbocycles. The third-order valence-corrected chi connectivity index (χ3v) is 2.93. The molecule has 1 atom stereocenters. The number of ether oxygens (including phenoxy) is 1. The Morgan fingerprint density at radius 3 is 2.94 bits per heavy atom. The van der Waals surface area contributed by atoms with E-state index in [4.69, 9.17) is 0 Å². The van der Waals surface area contributed by atoms with Gasteiger partial charge in [-0.3, -0.25) is 4.79 Å². The lowest BCUT2D eigenvalue weighted by Gasteiger charge is -2.12. The predicted octanol–water partition coefficient (Wildman–Crippen LogP) is 2.24. The maximum atomic E-state index is 13.0. The van der Waals surface area contributed by atoms with E-state index in [2.05, 4.69) is 26.0 Å². The van der Waals surface area contributed by atoms with Crippen molar-refractivity contribution in [2.75, 3.05) is 7.11 Å². The largest absolute Gasteiger partial charge is 0.468 e. The van der Waals surface area contributed by atoms with E-state index < -0.39 is 6.04 Å². The fourth-order valence-corrected chi connectivity index (χ4v) is 1.59. The van der Waals surface area contributed by atoms with Crippen LogP contribution < -0.4 is 5.32 Å². The summed E-state index contributed by atoms with van der Waals surface area (Å²) in [5, 5.41) is 2.95. The van der Waals surface area contributed by atoms with Crippen LogP contribution in [0.2, 0.25) is 0 Å². The van der Waals surface area contributed by atoms with Gasteiger partial charge in [0, 0.05) is 11.0 Å². The van der Waals surface area contributed by atoms with E-state index in [0.717, 1.165) is 10.0 Å². The molecule has 0 radical (unpaired) electrons. The second kappa shape index (κ2) is 5.96. The highest BCUT2D eigenvalue weighted by Crippen LogP contribution is 2.17. The van der Waals surface area contributed by atoms with Gasteiger partial charge in [-0.15, -0.1) is 0 Å². The number of carbonyl (C=O) groups excluding carboxylic acids is 1. The normalized spacial score (nSPS) is 12.2. The molecule has 0 fully saturated rings. The number of hydrogen-bond acceptors (Lipinski definition) is 3. The number of benzene rings is 1. The van der Waals surface area contributed by atoms with Crippen LogP contribution in [0.15, 0.2) is 22.7 Å². The molecule has 1 rings (SSSR count). The van der Waals surface area contributed by atoms with Crippen LogP contribution in [0.4, 0.5) is 4.39 Å². The van der Waals surface area contributed by atoms with E-state index in [-0.39, 0.29) is 11.8 Å². The first kappa shape index (κ1) is 13.1. The molecule has 0 aliphatic heterocycles. The van der Waals surface area contributed by atoms with Gasteiger partial charge in [-0.1, -0.05) is 15.9 Å². The number of methoxy groups -OCH3 is 1. The highest BCUT2D eigenvalue weighted by atomic mass is 79.9. The van der Waals surface area contributed by atoms with Gasteiger partial charge in [-0.05, 0) is 30.7 Å². The molecule has 0 spiro atoms. The predicted molar refractivity (Wildman–Crippen MR) is 62.4 cm³/mol. The fourth-order valence-electron chi connectivity index (χ4n) is 1.20. The van der Waals surface area contributed by atoms with Gasteiger partial charge < -0.3 is 10.1 Å². The molecule has 0 amide bonds. The van der Waals surface area contributed by atoms with E-state index in [1.807, 2.05) is 0 Å². The molecule has 1 aromatic carbocycles. The van der Waals surface area contributed by atoms with Crippen molar-refractivity contribution in [3.8, 4) is 0 Å². The van der Waals surface area contributed by atoms with Gasteiger partial charge in [0.15, 0.2) is 0 Å². The van der Waals surface area contributed by atoms with Gasteiger partial charge in [0.2, 0.25) is 0 Å². The summed E-state index contributed by atoms with van der Waals surface area (Å²) in [4.78, 5) is 11.1. The van der Waals surface area contributed by atoms with Crippen LogP contribution in [-0.2, 0) is 16.1 Å². The summed E-state index contributed by atoms with van der Waals surface area (Å²) in [6.07, 6.45) is 0. The SMILES string of the molecule is COC(=O)C(C)NCc1cc(F)ccc1Br. The third kappa shape index (κ3) is 3.57. The van der Waals surface area contributed by atoms with Crippen molar-refractivity contribution in [3.05, 3.63) is 34.1 Å². The van der Waals surface area contributed by atoms with E-state index in [1.165, 1.54) is 19.2 Å². The standard InChI is InChI=1S/C11H13BrFNO2/c1-7(11(15)16-2)14-6-8-5-9(13)3-4-10(8)12/h3-5,7,14H,6H2,1-2H3. The first-order valence-electron chi connectivity index (χ1n) is 4.79. The molecule has 0 saturated carbocycles. The lowest BCUT2D eigenvalue weighted by atomic mass is 10.2. The molecule has 0 bridgehead atoms. The lowest BCUT2D eigenvalue weighted by Crippen LogP contribution is -2.34. The number of esters is 1. The molecular formula is C11H13BrFNO2. The van der Waals surface area contributed by atoms with Crippen LogP contribution in [0.3, 0.4) is 0 Å². The van der Waals surface area contributed by atoms with E-state index >= 15 is 0 Å². The highest BCUT2D eigenvalue weighted by Gasteiger charge is 2.12. The molecule has 88 valence electrons. The van der Waals surface area contributed by atoms with Gasteiger partial charge in [0.1, 0.15) is 11.9 Å². The van der Waals surface area contributed by atoms with E-state index in [9.17, 15) is 9.18 Å². The summed E-state index contributed by atoms with van der Waals surface area (Å²) in [7, 11) is 1.33. The van der Waals surface area contributed by atoms with Gasteiger partial charge in [0.25, 0.3) is 0 Å². The fraction of sp³-hybridized carbons (Fsp3) is 0.364. The molecule has 5 heteroatoms. The Bertz CT molecular complexity index is 384. The number of rotatable bonds is 4. The summed E-state index contributed by atoms with van der Waals surface area (Å²) in [6, 6.07) is 4.01. The summed E-state index contributed by atoms with van der Waals surface area (Å²) < 4.78 is 18.3. The van der Waals surface area contributed by atoms with Crippen molar-refractivity contribution in [1.29, 1.82) is 0 Å². The van der Waals surface area contributed by atoms with Crippen LogP contribution in [0.1, 0.15) is 12.5 Å². The monoisotopic (exact) mass is 289 g/mol. The molecule has 0 heterocycles. The van der Waals surface area contributed by atoms with E-state index in [1.54, 1.807) is 13.0 Å². The number of hydrogen-bond donors (Lipinski definition) is 1. The lowest BCUT2D eigenvalue weighted by molar-refractivity contribution is -0.142. The van der Waals surface area contributed by atoms with Crippen molar-refractivity contribution in [2.24, 2.45) is 0 Å². The summed E-state index contributed by atoms with van der Waals surface area (Å²) in [6.45, 7) is 2.09. The van der Waals surface area contributed by atoms with Crippen LogP contribution in [-0.4, -0.2) is 19.1 Å². The minimum atomic E-state index is -0.417. The Kier molecular flexibility index (Phi) is 4.89. The van der Waals surface area contributed by atoms with Crippen LogP contribution in [0.25, 0.3) is 0 Å². The van der Waals surface area contributed by atoms with Crippen molar-refractivity contribution < 1.29 is 13.9 Å². The Hall–Kier alpha value is -0.940. The maximum Gasteiger partial charge on any atom is 0.322 e. The van der Waals surface area contributed by atoms with Crippen molar-refractivity contribution in [1.82, 2.24) is 5.32 Å². The number of nitrogens with one attached hydrogen (secondary N) is 1. The smallest absolute Gasteiger partial charge is 0.322 e. The second-order valence-electron chi connectivity index (χ2n) is 3.36. The maximum absolute atomic E-state index is 13.0. The Morgan fingerprint density at radius 2 is 2.31 bits per heavy atom. The molecule has 0 aliphatic rings. The zero-order chi connectivity index (χ0) is 12.1. The summed E-state index contributed by atoms with van der Waals surface area (Å²) in [5.74, 6) is -0.641. The van der Waals surface area contributed by atoms with E-state index in [0.29, 0.717) is 6.54 Å². The average molecular weight is 290 g/mol. The van der Waals surface area contributed by atoms with Gasteiger partial charge in [-0.25, -0.2) is 4.39 Å². The molecular weight excluding hydrogens is 277 g/mol. The summed E-state index contributed by atoms with van der Waals surface area (Å²) in [5.41, 5.74) is 0.760. The molecule has 1 unspecified atom stereocenters. The van der Waals surface area contributed by atoms with Gasteiger partial charge in [-0.2, -0.15) is 0 Å². The Balaban J connectivity index is 2.60. The number of halogens is 2. The second-order valence-corrected chi connectivity index (χ2v) is 4.22. The molecule has 0 saturated heterocycles.